The standard InChI is InChI=1S/C16H26N4O3S/c1-3-4-11-24(21,22)20-6-5-15-14(12-20)16(18-13(2)17-15)19-7-9-23-10-8-19/h3-12H2,1-2H3. The fourth-order valence-corrected chi connectivity index (χ4v) is 4.83. The van der Waals surface area contributed by atoms with Crippen molar-refractivity contribution in [2.24, 2.45) is 0 Å². The molecule has 0 aromatic carbocycles. The van der Waals surface area contributed by atoms with Gasteiger partial charge in [0.15, 0.2) is 0 Å². The van der Waals surface area contributed by atoms with E-state index < -0.39 is 10.0 Å². The van der Waals surface area contributed by atoms with Crippen molar-refractivity contribution in [3.63, 3.8) is 0 Å². The molecule has 0 unspecified atom stereocenters. The van der Waals surface area contributed by atoms with Gasteiger partial charge in [-0.2, -0.15) is 4.31 Å². The third-order valence-corrected chi connectivity index (χ3v) is 6.48. The van der Waals surface area contributed by atoms with Gasteiger partial charge in [-0.1, -0.05) is 13.3 Å². The number of unbranched alkanes of at least 4 members (excludes halogenated alkanes) is 1. The van der Waals surface area contributed by atoms with E-state index in [4.69, 9.17) is 4.74 Å². The number of hydrogen-bond acceptors (Lipinski definition) is 6. The predicted molar refractivity (Wildman–Crippen MR) is 92.6 cm³/mol. The Morgan fingerprint density at radius 2 is 1.92 bits per heavy atom. The Bertz CT molecular complexity index is 687. The van der Waals surface area contributed by atoms with E-state index >= 15 is 0 Å². The number of anilines is 1. The van der Waals surface area contributed by atoms with Gasteiger partial charge in [0.2, 0.25) is 10.0 Å². The molecule has 1 aromatic heterocycles. The molecule has 2 aliphatic rings. The molecule has 0 N–H and O–H groups in total. The van der Waals surface area contributed by atoms with Crippen molar-refractivity contribution < 1.29 is 13.2 Å². The molecule has 0 saturated carbocycles. The number of morpholine rings is 1. The lowest BCUT2D eigenvalue weighted by molar-refractivity contribution is 0.122. The third kappa shape index (κ3) is 3.70. The van der Waals surface area contributed by atoms with Crippen molar-refractivity contribution in [3.05, 3.63) is 17.1 Å². The summed E-state index contributed by atoms with van der Waals surface area (Å²) in [5.41, 5.74) is 1.96. The first-order valence-corrected chi connectivity index (χ1v) is 10.3. The van der Waals surface area contributed by atoms with Gasteiger partial charge in [0.05, 0.1) is 24.7 Å². The van der Waals surface area contributed by atoms with E-state index in [-0.39, 0.29) is 5.75 Å². The highest BCUT2D eigenvalue weighted by Gasteiger charge is 2.30. The lowest BCUT2D eigenvalue weighted by Crippen LogP contribution is -2.41. The number of fused-ring (bicyclic) bond motifs is 1. The van der Waals surface area contributed by atoms with Crippen LogP contribution < -0.4 is 4.90 Å². The zero-order valence-corrected chi connectivity index (χ0v) is 15.3. The maximum Gasteiger partial charge on any atom is 0.214 e. The zero-order valence-electron chi connectivity index (χ0n) is 14.5. The highest BCUT2D eigenvalue weighted by molar-refractivity contribution is 7.89. The van der Waals surface area contributed by atoms with Gasteiger partial charge in [0.1, 0.15) is 11.6 Å². The van der Waals surface area contributed by atoms with Gasteiger partial charge in [-0.15, -0.1) is 0 Å². The number of nitrogens with zero attached hydrogens (tertiary/aromatic N) is 4. The zero-order chi connectivity index (χ0) is 17.2. The SMILES string of the molecule is CCCCS(=O)(=O)N1CCc2nc(C)nc(N3CCOCC3)c2C1. The average Bonchev–Trinajstić information content (AvgIpc) is 2.59. The first kappa shape index (κ1) is 17.6. The number of aromatic nitrogens is 2. The number of hydrogen-bond donors (Lipinski definition) is 0. The molecule has 134 valence electrons. The second-order valence-electron chi connectivity index (χ2n) is 6.37. The van der Waals surface area contributed by atoms with E-state index in [0.717, 1.165) is 42.4 Å². The molecule has 0 spiro atoms. The molecule has 24 heavy (non-hydrogen) atoms. The molecule has 8 heteroatoms. The fourth-order valence-electron chi connectivity index (χ4n) is 3.22. The number of sulfonamides is 1. The molecule has 3 rings (SSSR count). The second kappa shape index (κ2) is 7.33. The summed E-state index contributed by atoms with van der Waals surface area (Å²) in [4.78, 5) is 11.4. The van der Waals surface area contributed by atoms with E-state index in [0.29, 0.717) is 39.1 Å². The molecule has 0 amide bonds. The molecule has 1 saturated heterocycles. The van der Waals surface area contributed by atoms with Crippen LogP contribution in [0.4, 0.5) is 5.82 Å². The summed E-state index contributed by atoms with van der Waals surface area (Å²) in [6.45, 7) is 7.72. The average molecular weight is 354 g/mol. The molecule has 0 atom stereocenters. The van der Waals surface area contributed by atoms with E-state index in [1.165, 1.54) is 0 Å². The smallest absolute Gasteiger partial charge is 0.214 e. The Balaban J connectivity index is 1.89. The van der Waals surface area contributed by atoms with Crippen LogP contribution in [0, 0.1) is 6.92 Å². The van der Waals surface area contributed by atoms with Gasteiger partial charge in [0, 0.05) is 38.2 Å². The van der Waals surface area contributed by atoms with Crippen LogP contribution in [0.5, 0.6) is 0 Å². The third-order valence-electron chi connectivity index (χ3n) is 4.58. The molecule has 1 fully saturated rings. The lowest BCUT2D eigenvalue weighted by atomic mass is 10.1. The van der Waals surface area contributed by atoms with Crippen molar-refractivity contribution in [1.82, 2.24) is 14.3 Å². The van der Waals surface area contributed by atoms with Gasteiger partial charge in [-0.25, -0.2) is 18.4 Å². The minimum atomic E-state index is -3.21. The highest BCUT2D eigenvalue weighted by Crippen LogP contribution is 2.28. The molecule has 3 heterocycles. The lowest BCUT2D eigenvalue weighted by Gasteiger charge is -2.34. The summed E-state index contributed by atoms with van der Waals surface area (Å²) in [5.74, 6) is 1.85. The second-order valence-corrected chi connectivity index (χ2v) is 8.46. The van der Waals surface area contributed by atoms with Crippen LogP contribution in [0.3, 0.4) is 0 Å². The monoisotopic (exact) mass is 354 g/mol. The number of ether oxygens (including phenoxy) is 1. The van der Waals surface area contributed by atoms with Crippen molar-refractivity contribution >= 4 is 15.8 Å². The van der Waals surface area contributed by atoms with E-state index in [2.05, 4.69) is 14.9 Å². The normalized spacial score (nSPS) is 19.3. The first-order chi connectivity index (χ1) is 11.5. The van der Waals surface area contributed by atoms with Gasteiger partial charge < -0.3 is 9.64 Å². The van der Waals surface area contributed by atoms with Gasteiger partial charge in [-0.05, 0) is 13.3 Å². The van der Waals surface area contributed by atoms with E-state index in [9.17, 15) is 8.42 Å². The topological polar surface area (TPSA) is 75.6 Å². The molecule has 1 aromatic rings. The number of rotatable bonds is 5. The maximum absolute atomic E-state index is 12.6. The van der Waals surface area contributed by atoms with Crippen molar-refractivity contribution in [1.29, 1.82) is 0 Å². The summed E-state index contributed by atoms with van der Waals surface area (Å²) in [6, 6.07) is 0. The van der Waals surface area contributed by atoms with Gasteiger partial charge in [0.25, 0.3) is 0 Å². The molecule has 7 nitrogen and oxygen atoms in total. The van der Waals surface area contributed by atoms with E-state index in [1.807, 2.05) is 13.8 Å². The Morgan fingerprint density at radius 3 is 2.62 bits per heavy atom. The molecule has 2 aliphatic heterocycles. The Hall–Kier alpha value is -1.25. The van der Waals surface area contributed by atoms with Crippen LogP contribution in [0.1, 0.15) is 36.8 Å². The Labute approximate surface area is 144 Å². The minimum Gasteiger partial charge on any atom is -0.378 e. The van der Waals surface area contributed by atoms with Gasteiger partial charge >= 0.3 is 0 Å². The van der Waals surface area contributed by atoms with Crippen LogP contribution in [-0.4, -0.2) is 61.3 Å². The van der Waals surface area contributed by atoms with E-state index in [1.54, 1.807) is 4.31 Å². The van der Waals surface area contributed by atoms with Crippen molar-refractivity contribution in [2.75, 3.05) is 43.5 Å². The predicted octanol–water partition coefficient (Wildman–Crippen LogP) is 1.11. The maximum atomic E-state index is 12.6. The summed E-state index contributed by atoms with van der Waals surface area (Å²) in [5, 5.41) is 0. The van der Waals surface area contributed by atoms with Crippen LogP contribution in [-0.2, 0) is 27.7 Å². The van der Waals surface area contributed by atoms with Gasteiger partial charge in [-0.3, -0.25) is 0 Å². The summed E-state index contributed by atoms with van der Waals surface area (Å²) < 4.78 is 32.1. The molecule has 0 bridgehead atoms. The van der Waals surface area contributed by atoms with Crippen LogP contribution >= 0.6 is 0 Å². The first-order valence-electron chi connectivity index (χ1n) is 8.68. The van der Waals surface area contributed by atoms with Crippen LogP contribution in [0.25, 0.3) is 0 Å². The Morgan fingerprint density at radius 1 is 1.17 bits per heavy atom. The van der Waals surface area contributed by atoms with Crippen molar-refractivity contribution in [3.8, 4) is 0 Å². The number of aryl methyl sites for hydroxylation is 1. The van der Waals surface area contributed by atoms with Crippen LogP contribution in [0.2, 0.25) is 0 Å². The highest BCUT2D eigenvalue weighted by atomic mass is 32.2. The summed E-state index contributed by atoms with van der Waals surface area (Å²) in [6.07, 6.45) is 2.23. The molecule has 0 aliphatic carbocycles. The fraction of sp³-hybridized carbons (Fsp3) is 0.750. The summed E-state index contributed by atoms with van der Waals surface area (Å²) in [7, 11) is -3.21. The van der Waals surface area contributed by atoms with Crippen molar-refractivity contribution in [2.45, 2.75) is 39.7 Å². The quantitative estimate of drug-likeness (QED) is 0.788. The Kier molecular flexibility index (Phi) is 5.36. The summed E-state index contributed by atoms with van der Waals surface area (Å²) >= 11 is 0. The molecular formula is C16H26N4O3S. The largest absolute Gasteiger partial charge is 0.378 e. The molecule has 0 radical (unpaired) electrons. The molecular weight excluding hydrogens is 328 g/mol. The minimum absolute atomic E-state index is 0.221. The van der Waals surface area contributed by atoms with Crippen LogP contribution in [0.15, 0.2) is 0 Å².